The van der Waals surface area contributed by atoms with Crippen molar-refractivity contribution in [2.75, 3.05) is 4.90 Å². The number of thioether (sulfide) groups is 1. The molecule has 3 aromatic carbocycles. The SMILES string of the molecule is N#Cc1ccccc1COc1ccccc1/C=C1/SC(=S)N(c2ccccc2)C1=O. The van der Waals surface area contributed by atoms with Crippen LogP contribution < -0.4 is 9.64 Å². The van der Waals surface area contributed by atoms with Crippen molar-refractivity contribution in [1.29, 1.82) is 5.26 Å². The molecule has 0 N–H and O–H groups in total. The lowest BCUT2D eigenvalue weighted by Crippen LogP contribution is -2.27. The molecule has 0 saturated carbocycles. The Labute approximate surface area is 184 Å². The van der Waals surface area contributed by atoms with Gasteiger partial charge in [0.2, 0.25) is 0 Å². The topological polar surface area (TPSA) is 53.3 Å². The number of thiocarbonyl (C=S) groups is 1. The van der Waals surface area contributed by atoms with E-state index in [-0.39, 0.29) is 12.5 Å². The normalized spacial score (nSPS) is 14.8. The first-order valence-electron chi connectivity index (χ1n) is 9.20. The summed E-state index contributed by atoms with van der Waals surface area (Å²) in [5.74, 6) is 0.482. The van der Waals surface area contributed by atoms with E-state index in [1.807, 2.05) is 72.8 Å². The predicted molar refractivity (Wildman–Crippen MR) is 124 cm³/mol. The second-order valence-electron chi connectivity index (χ2n) is 6.45. The van der Waals surface area contributed by atoms with Crippen LogP contribution in [0.5, 0.6) is 5.75 Å². The number of nitrogens with zero attached hydrogens (tertiary/aromatic N) is 2. The van der Waals surface area contributed by atoms with Gasteiger partial charge in [-0.05, 0) is 30.3 Å². The van der Waals surface area contributed by atoms with E-state index in [1.54, 1.807) is 17.0 Å². The van der Waals surface area contributed by atoms with E-state index in [4.69, 9.17) is 17.0 Å². The Balaban J connectivity index is 1.58. The highest BCUT2D eigenvalue weighted by atomic mass is 32.2. The van der Waals surface area contributed by atoms with Crippen LogP contribution in [0.1, 0.15) is 16.7 Å². The van der Waals surface area contributed by atoms with E-state index >= 15 is 0 Å². The van der Waals surface area contributed by atoms with Crippen LogP contribution in [0.4, 0.5) is 5.69 Å². The Morgan fingerprint density at radius 3 is 2.50 bits per heavy atom. The molecule has 1 amide bonds. The number of nitriles is 1. The van der Waals surface area contributed by atoms with Crippen molar-refractivity contribution in [2.24, 2.45) is 0 Å². The summed E-state index contributed by atoms with van der Waals surface area (Å²) in [6, 6.07) is 26.4. The number of benzene rings is 3. The van der Waals surface area contributed by atoms with Crippen LogP contribution in [0.25, 0.3) is 6.08 Å². The van der Waals surface area contributed by atoms with Gasteiger partial charge in [-0.1, -0.05) is 78.6 Å². The van der Waals surface area contributed by atoms with Crippen molar-refractivity contribution in [3.8, 4) is 11.8 Å². The Kier molecular flexibility index (Phi) is 5.94. The number of anilines is 1. The van der Waals surface area contributed by atoms with Crippen molar-refractivity contribution in [1.82, 2.24) is 0 Å². The van der Waals surface area contributed by atoms with Crippen LogP contribution in [-0.2, 0) is 11.4 Å². The van der Waals surface area contributed by atoms with E-state index in [2.05, 4.69) is 6.07 Å². The van der Waals surface area contributed by atoms with E-state index in [1.165, 1.54) is 11.8 Å². The highest BCUT2D eigenvalue weighted by molar-refractivity contribution is 8.27. The monoisotopic (exact) mass is 428 g/mol. The van der Waals surface area contributed by atoms with Gasteiger partial charge in [-0.3, -0.25) is 9.69 Å². The Hall–Kier alpha value is -3.40. The van der Waals surface area contributed by atoms with Gasteiger partial charge in [0.05, 0.1) is 22.2 Å². The summed E-state index contributed by atoms with van der Waals surface area (Å²) < 4.78 is 6.49. The zero-order valence-electron chi connectivity index (χ0n) is 15.8. The van der Waals surface area contributed by atoms with Gasteiger partial charge < -0.3 is 4.74 Å². The van der Waals surface area contributed by atoms with Crippen molar-refractivity contribution in [2.45, 2.75) is 6.61 Å². The fraction of sp³-hybridized carbons (Fsp3) is 0.0417. The summed E-state index contributed by atoms with van der Waals surface area (Å²) in [6.07, 6.45) is 1.80. The highest BCUT2D eigenvalue weighted by Crippen LogP contribution is 2.37. The summed E-state index contributed by atoms with van der Waals surface area (Å²) in [7, 11) is 0. The lowest BCUT2D eigenvalue weighted by atomic mass is 10.1. The minimum absolute atomic E-state index is 0.152. The standard InChI is InChI=1S/C24H16N2O2S2/c25-15-18-9-4-5-10-19(18)16-28-21-13-7-6-8-17(21)14-22-23(27)26(24(29)30-22)20-11-2-1-3-12-20/h1-14H,16H2/b22-14+. The molecular formula is C24H16N2O2S2. The Bertz CT molecular complexity index is 1180. The third-order valence-electron chi connectivity index (χ3n) is 4.53. The van der Waals surface area contributed by atoms with Gasteiger partial charge >= 0.3 is 0 Å². The minimum atomic E-state index is -0.152. The van der Waals surface area contributed by atoms with Gasteiger partial charge in [-0.2, -0.15) is 5.26 Å². The predicted octanol–water partition coefficient (Wildman–Crippen LogP) is 5.54. The molecule has 3 aromatic rings. The first-order chi connectivity index (χ1) is 14.7. The zero-order valence-corrected chi connectivity index (χ0v) is 17.5. The lowest BCUT2D eigenvalue weighted by molar-refractivity contribution is -0.113. The van der Waals surface area contributed by atoms with Gasteiger partial charge in [-0.25, -0.2) is 0 Å². The molecule has 1 heterocycles. The van der Waals surface area contributed by atoms with Gasteiger partial charge in [0.25, 0.3) is 5.91 Å². The summed E-state index contributed by atoms with van der Waals surface area (Å²) in [5.41, 5.74) is 2.92. The molecule has 1 aliphatic heterocycles. The molecule has 0 atom stereocenters. The number of carbonyl (C=O) groups is 1. The number of amides is 1. The van der Waals surface area contributed by atoms with E-state index in [9.17, 15) is 10.1 Å². The fourth-order valence-electron chi connectivity index (χ4n) is 3.05. The number of ether oxygens (including phenoxy) is 1. The second kappa shape index (κ2) is 8.95. The van der Waals surface area contributed by atoms with Crippen LogP contribution in [0.2, 0.25) is 0 Å². The zero-order chi connectivity index (χ0) is 20.9. The first kappa shape index (κ1) is 19.9. The maximum atomic E-state index is 13.0. The first-order valence-corrected chi connectivity index (χ1v) is 10.4. The molecule has 4 rings (SSSR count). The summed E-state index contributed by atoms with van der Waals surface area (Å²) in [6.45, 7) is 0.263. The molecule has 0 unspecified atom stereocenters. The highest BCUT2D eigenvalue weighted by Gasteiger charge is 2.33. The van der Waals surface area contributed by atoms with E-state index < -0.39 is 0 Å². The maximum Gasteiger partial charge on any atom is 0.270 e. The number of hydrogen-bond donors (Lipinski definition) is 0. The average molecular weight is 429 g/mol. The van der Waals surface area contributed by atoms with Crippen LogP contribution in [0.3, 0.4) is 0 Å². The van der Waals surface area contributed by atoms with Gasteiger partial charge in [0, 0.05) is 11.1 Å². The fourth-order valence-corrected chi connectivity index (χ4v) is 4.34. The van der Waals surface area contributed by atoms with E-state index in [0.717, 1.165) is 16.8 Å². The van der Waals surface area contributed by atoms with Gasteiger partial charge in [0.1, 0.15) is 12.4 Å². The molecule has 0 aliphatic carbocycles. The lowest BCUT2D eigenvalue weighted by Gasteiger charge is -2.14. The van der Waals surface area contributed by atoms with Gasteiger partial charge in [-0.15, -0.1) is 0 Å². The third-order valence-corrected chi connectivity index (χ3v) is 5.84. The molecule has 1 fully saturated rings. The molecule has 6 heteroatoms. The maximum absolute atomic E-state index is 13.0. The molecule has 0 bridgehead atoms. The van der Waals surface area contributed by atoms with Crippen LogP contribution >= 0.6 is 24.0 Å². The van der Waals surface area contributed by atoms with Crippen molar-refractivity contribution < 1.29 is 9.53 Å². The average Bonchev–Trinajstić information content (AvgIpc) is 3.06. The molecule has 30 heavy (non-hydrogen) atoms. The molecule has 0 spiro atoms. The van der Waals surface area contributed by atoms with Crippen molar-refractivity contribution >= 4 is 46.0 Å². The van der Waals surface area contributed by atoms with E-state index in [0.29, 0.717) is 20.5 Å². The molecule has 4 nitrogen and oxygen atoms in total. The molecule has 1 aliphatic rings. The molecule has 146 valence electrons. The molecule has 0 aromatic heterocycles. The smallest absolute Gasteiger partial charge is 0.270 e. The summed E-state index contributed by atoms with van der Waals surface area (Å²) in [4.78, 5) is 15.0. The minimum Gasteiger partial charge on any atom is -0.488 e. The van der Waals surface area contributed by atoms with Crippen LogP contribution in [0.15, 0.2) is 83.8 Å². The molecule has 0 radical (unpaired) electrons. The number of rotatable bonds is 5. The number of carbonyl (C=O) groups excluding carboxylic acids is 1. The Morgan fingerprint density at radius 2 is 1.70 bits per heavy atom. The van der Waals surface area contributed by atoms with Crippen LogP contribution in [0, 0.1) is 11.3 Å². The quantitative estimate of drug-likeness (QED) is 0.394. The number of para-hydroxylation sites is 2. The largest absolute Gasteiger partial charge is 0.488 e. The van der Waals surface area contributed by atoms with Crippen molar-refractivity contribution in [3.05, 3.63) is 100 Å². The summed E-state index contributed by atoms with van der Waals surface area (Å²) >= 11 is 6.70. The summed E-state index contributed by atoms with van der Waals surface area (Å²) in [5, 5.41) is 9.26. The van der Waals surface area contributed by atoms with Crippen LogP contribution in [-0.4, -0.2) is 10.2 Å². The number of hydrogen-bond acceptors (Lipinski definition) is 5. The van der Waals surface area contributed by atoms with Crippen molar-refractivity contribution in [3.63, 3.8) is 0 Å². The molecular weight excluding hydrogens is 412 g/mol. The Morgan fingerprint density at radius 1 is 1.00 bits per heavy atom. The second-order valence-corrected chi connectivity index (χ2v) is 8.12. The molecule has 1 saturated heterocycles. The van der Waals surface area contributed by atoms with Gasteiger partial charge in [0.15, 0.2) is 4.32 Å². The third kappa shape index (κ3) is 4.13.